The summed E-state index contributed by atoms with van der Waals surface area (Å²) in [5, 5.41) is 16.1. The van der Waals surface area contributed by atoms with Gasteiger partial charge in [0, 0.05) is 39.3 Å². The molecule has 1 aliphatic rings. The summed E-state index contributed by atoms with van der Waals surface area (Å²) in [6.45, 7) is 8.41. The van der Waals surface area contributed by atoms with Gasteiger partial charge in [0.2, 0.25) is 5.91 Å². The van der Waals surface area contributed by atoms with Crippen LogP contribution in [0.4, 0.5) is 0 Å². The van der Waals surface area contributed by atoms with Crippen molar-refractivity contribution in [2.24, 2.45) is 0 Å². The summed E-state index contributed by atoms with van der Waals surface area (Å²) in [6, 6.07) is -0.200. The van der Waals surface area contributed by atoms with Crippen LogP contribution in [0.2, 0.25) is 0 Å². The molecule has 1 rings (SSSR count). The SMILES string of the molecule is CCCCOCC(O)CN1CCNCC1C(=O)NCC. The zero-order valence-corrected chi connectivity index (χ0v) is 12.7. The number of β-amino-alcohol motifs (C(OH)–C–C–N with tert-alkyl or cyclic N) is 1. The summed E-state index contributed by atoms with van der Waals surface area (Å²) in [4.78, 5) is 14.0. The second-order valence-electron chi connectivity index (χ2n) is 5.19. The van der Waals surface area contributed by atoms with E-state index in [1.165, 1.54) is 0 Å². The third-order valence-corrected chi connectivity index (χ3v) is 3.41. The monoisotopic (exact) mass is 287 g/mol. The summed E-state index contributed by atoms with van der Waals surface area (Å²) in [6.07, 6.45) is 1.57. The first-order valence-corrected chi connectivity index (χ1v) is 7.67. The molecule has 1 heterocycles. The number of likely N-dealkylation sites (N-methyl/N-ethyl adjacent to an activating group) is 1. The van der Waals surface area contributed by atoms with Gasteiger partial charge < -0.3 is 20.5 Å². The number of aliphatic hydroxyl groups excluding tert-OH is 1. The van der Waals surface area contributed by atoms with Gasteiger partial charge in [0.05, 0.1) is 12.7 Å². The largest absolute Gasteiger partial charge is 0.389 e. The van der Waals surface area contributed by atoms with E-state index in [0.717, 1.165) is 25.9 Å². The Morgan fingerprint density at radius 1 is 1.55 bits per heavy atom. The number of ether oxygens (including phenoxy) is 1. The lowest BCUT2D eigenvalue weighted by Gasteiger charge is -2.36. The molecule has 1 amide bonds. The molecule has 2 atom stereocenters. The lowest BCUT2D eigenvalue weighted by Crippen LogP contribution is -2.59. The number of rotatable bonds is 9. The van der Waals surface area contributed by atoms with Gasteiger partial charge in [-0.05, 0) is 13.3 Å². The number of carbonyl (C=O) groups is 1. The van der Waals surface area contributed by atoms with Gasteiger partial charge in [-0.3, -0.25) is 9.69 Å². The third-order valence-electron chi connectivity index (χ3n) is 3.41. The summed E-state index contributed by atoms with van der Waals surface area (Å²) in [7, 11) is 0. The maximum atomic E-state index is 12.0. The standard InChI is InChI=1S/C14H29N3O3/c1-3-5-8-20-11-12(18)10-17-7-6-15-9-13(17)14(19)16-4-2/h12-13,15,18H,3-11H2,1-2H3,(H,16,19). The Labute approximate surface area is 121 Å². The van der Waals surface area contributed by atoms with Gasteiger partial charge >= 0.3 is 0 Å². The van der Waals surface area contributed by atoms with E-state index in [0.29, 0.717) is 32.8 Å². The maximum Gasteiger partial charge on any atom is 0.238 e. The summed E-state index contributed by atoms with van der Waals surface area (Å²) in [5.74, 6) is 0.0267. The number of unbranched alkanes of at least 4 members (excludes halogenated alkanes) is 1. The first-order valence-electron chi connectivity index (χ1n) is 7.67. The van der Waals surface area contributed by atoms with Crippen LogP contribution in [0.3, 0.4) is 0 Å². The van der Waals surface area contributed by atoms with Crippen molar-refractivity contribution < 1.29 is 14.6 Å². The molecule has 0 spiro atoms. The Morgan fingerprint density at radius 3 is 3.05 bits per heavy atom. The van der Waals surface area contributed by atoms with Gasteiger partial charge in [-0.2, -0.15) is 0 Å². The molecule has 2 unspecified atom stereocenters. The zero-order chi connectivity index (χ0) is 14.8. The van der Waals surface area contributed by atoms with Crippen LogP contribution in [0.5, 0.6) is 0 Å². The van der Waals surface area contributed by atoms with Crippen molar-refractivity contribution in [3.05, 3.63) is 0 Å². The van der Waals surface area contributed by atoms with E-state index in [2.05, 4.69) is 17.6 Å². The second-order valence-corrected chi connectivity index (χ2v) is 5.19. The van der Waals surface area contributed by atoms with E-state index >= 15 is 0 Å². The number of nitrogens with zero attached hydrogens (tertiary/aromatic N) is 1. The van der Waals surface area contributed by atoms with E-state index in [-0.39, 0.29) is 11.9 Å². The van der Waals surface area contributed by atoms with Gasteiger partial charge in [-0.15, -0.1) is 0 Å². The molecule has 1 saturated heterocycles. The normalized spacial score (nSPS) is 21.6. The van der Waals surface area contributed by atoms with Crippen LogP contribution in [-0.4, -0.2) is 74.0 Å². The number of nitrogens with one attached hydrogen (secondary N) is 2. The first-order chi connectivity index (χ1) is 9.69. The zero-order valence-electron chi connectivity index (χ0n) is 12.7. The summed E-state index contributed by atoms with van der Waals surface area (Å²) >= 11 is 0. The van der Waals surface area contributed by atoms with E-state index in [4.69, 9.17) is 4.74 Å². The highest BCUT2D eigenvalue weighted by atomic mass is 16.5. The molecule has 0 bridgehead atoms. The quantitative estimate of drug-likeness (QED) is 0.502. The molecule has 0 aromatic heterocycles. The van der Waals surface area contributed by atoms with Gasteiger partial charge in [0.15, 0.2) is 0 Å². The van der Waals surface area contributed by atoms with E-state index in [9.17, 15) is 9.90 Å². The van der Waals surface area contributed by atoms with Crippen LogP contribution in [0.1, 0.15) is 26.7 Å². The van der Waals surface area contributed by atoms with Crippen molar-refractivity contribution in [3.8, 4) is 0 Å². The molecular weight excluding hydrogens is 258 g/mol. The van der Waals surface area contributed by atoms with Crippen molar-refractivity contribution >= 4 is 5.91 Å². The Bertz CT molecular complexity index is 276. The number of hydrogen-bond acceptors (Lipinski definition) is 5. The summed E-state index contributed by atoms with van der Waals surface area (Å²) in [5.41, 5.74) is 0. The number of piperazine rings is 1. The molecule has 1 fully saturated rings. The van der Waals surface area contributed by atoms with E-state index < -0.39 is 6.10 Å². The molecule has 6 nitrogen and oxygen atoms in total. The minimum atomic E-state index is -0.540. The highest BCUT2D eigenvalue weighted by Gasteiger charge is 2.29. The minimum absolute atomic E-state index is 0.0267. The molecule has 0 aliphatic carbocycles. The maximum absolute atomic E-state index is 12.0. The third kappa shape index (κ3) is 6.17. The van der Waals surface area contributed by atoms with E-state index in [1.54, 1.807) is 0 Å². The van der Waals surface area contributed by atoms with Crippen LogP contribution in [0, 0.1) is 0 Å². The fourth-order valence-electron chi connectivity index (χ4n) is 2.30. The Hall–Kier alpha value is -0.690. The Balaban J connectivity index is 2.35. The van der Waals surface area contributed by atoms with Crippen LogP contribution >= 0.6 is 0 Å². The Morgan fingerprint density at radius 2 is 2.35 bits per heavy atom. The van der Waals surface area contributed by atoms with E-state index in [1.807, 2.05) is 11.8 Å². The number of amides is 1. The fourth-order valence-corrected chi connectivity index (χ4v) is 2.30. The number of hydrogen-bond donors (Lipinski definition) is 3. The average Bonchev–Trinajstić information content (AvgIpc) is 2.44. The molecule has 1 aliphatic heterocycles. The molecule has 0 aromatic rings. The van der Waals surface area contributed by atoms with Crippen molar-refractivity contribution in [2.45, 2.75) is 38.8 Å². The van der Waals surface area contributed by atoms with Gasteiger partial charge in [-0.25, -0.2) is 0 Å². The van der Waals surface area contributed by atoms with Crippen LogP contribution < -0.4 is 10.6 Å². The molecule has 0 aromatic carbocycles. The molecular formula is C14H29N3O3. The highest BCUT2D eigenvalue weighted by Crippen LogP contribution is 2.05. The van der Waals surface area contributed by atoms with Gasteiger partial charge in [-0.1, -0.05) is 13.3 Å². The Kier molecular flexibility index (Phi) is 8.77. The molecule has 6 heteroatoms. The molecule has 0 radical (unpaired) electrons. The predicted octanol–water partition coefficient (Wildman–Crippen LogP) is -0.426. The van der Waals surface area contributed by atoms with Crippen LogP contribution in [0.25, 0.3) is 0 Å². The average molecular weight is 287 g/mol. The lowest BCUT2D eigenvalue weighted by atomic mass is 10.1. The van der Waals surface area contributed by atoms with Crippen molar-refractivity contribution in [1.29, 1.82) is 0 Å². The second kappa shape index (κ2) is 10.1. The highest BCUT2D eigenvalue weighted by molar-refractivity contribution is 5.82. The van der Waals surface area contributed by atoms with Gasteiger partial charge in [0.25, 0.3) is 0 Å². The predicted molar refractivity (Wildman–Crippen MR) is 78.6 cm³/mol. The van der Waals surface area contributed by atoms with Crippen LogP contribution in [-0.2, 0) is 9.53 Å². The number of aliphatic hydroxyl groups is 1. The smallest absolute Gasteiger partial charge is 0.238 e. The topological polar surface area (TPSA) is 73.8 Å². The molecule has 0 saturated carbocycles. The first kappa shape index (κ1) is 17.4. The van der Waals surface area contributed by atoms with Crippen LogP contribution in [0.15, 0.2) is 0 Å². The van der Waals surface area contributed by atoms with Crippen molar-refractivity contribution in [1.82, 2.24) is 15.5 Å². The van der Waals surface area contributed by atoms with Crippen molar-refractivity contribution in [3.63, 3.8) is 0 Å². The minimum Gasteiger partial charge on any atom is -0.389 e. The number of carbonyl (C=O) groups excluding carboxylic acids is 1. The lowest BCUT2D eigenvalue weighted by molar-refractivity contribution is -0.127. The molecule has 118 valence electrons. The summed E-state index contributed by atoms with van der Waals surface area (Å²) < 4.78 is 5.43. The fraction of sp³-hybridized carbons (Fsp3) is 0.929. The van der Waals surface area contributed by atoms with Gasteiger partial charge in [0.1, 0.15) is 6.04 Å². The van der Waals surface area contributed by atoms with Crippen molar-refractivity contribution in [2.75, 3.05) is 45.9 Å². The molecule has 3 N–H and O–H groups in total. The molecule has 20 heavy (non-hydrogen) atoms.